The second-order valence-corrected chi connectivity index (χ2v) is 9.36. The molecule has 1 amide bonds. The molecule has 0 radical (unpaired) electrons. The van der Waals surface area contributed by atoms with Crippen LogP contribution in [0, 0.1) is 23.0 Å². The minimum atomic E-state index is -0.928. The number of fused-ring (bicyclic) bond motifs is 3. The smallest absolute Gasteiger partial charge is 0.251 e. The van der Waals surface area contributed by atoms with E-state index >= 15 is 4.39 Å². The Labute approximate surface area is 202 Å². The number of hydrogen-bond acceptors (Lipinski definition) is 6. The van der Waals surface area contributed by atoms with Gasteiger partial charge in [0.05, 0.1) is 19.3 Å². The SMILES string of the molecule is CN1CCCO[C@H](C(=O)NC(C#N)Cc2cc3c(cc2F)-c2cc(C4COC4)c(F)cc2CO3)C1. The highest BCUT2D eigenvalue weighted by Crippen LogP contribution is 2.42. The van der Waals surface area contributed by atoms with Crippen molar-refractivity contribution in [2.24, 2.45) is 0 Å². The van der Waals surface area contributed by atoms with Crippen LogP contribution in [0.15, 0.2) is 24.3 Å². The number of ether oxygens (including phenoxy) is 3. The molecule has 0 saturated carbocycles. The number of likely N-dealkylation sites (N-methyl/N-ethyl adjacent to an activating group) is 1. The molecule has 2 fully saturated rings. The van der Waals surface area contributed by atoms with Gasteiger partial charge in [0.1, 0.15) is 36.1 Å². The van der Waals surface area contributed by atoms with Crippen LogP contribution in [0.3, 0.4) is 0 Å². The number of rotatable bonds is 5. The molecule has 2 aromatic rings. The third-order valence-electron chi connectivity index (χ3n) is 6.79. The van der Waals surface area contributed by atoms with Crippen LogP contribution >= 0.6 is 0 Å². The van der Waals surface area contributed by atoms with Gasteiger partial charge >= 0.3 is 0 Å². The molecule has 0 spiro atoms. The molecule has 3 aliphatic rings. The minimum Gasteiger partial charge on any atom is -0.488 e. The van der Waals surface area contributed by atoms with Gasteiger partial charge in [0.15, 0.2) is 0 Å². The predicted octanol–water partition coefficient (Wildman–Crippen LogP) is 2.91. The van der Waals surface area contributed by atoms with Gasteiger partial charge in [-0.3, -0.25) is 4.79 Å². The molecule has 3 heterocycles. The zero-order valence-corrected chi connectivity index (χ0v) is 19.5. The standard InChI is InChI=1S/C26H27F2N3O4/c1-31-3-2-4-34-25(11-31)26(32)30-18(10-29)5-15-7-24-21(9-22(15)27)19-8-20(17-12-33-13-17)23(28)6-16(19)14-35-24/h6-9,17-18,25H,2-5,11-14H2,1H3,(H,30,32)/t18?,25-/m0/s1. The number of carbonyl (C=O) groups excluding carboxylic acids is 1. The Morgan fingerprint density at radius 3 is 2.80 bits per heavy atom. The zero-order chi connectivity index (χ0) is 24.5. The molecule has 0 aliphatic carbocycles. The predicted molar refractivity (Wildman–Crippen MR) is 123 cm³/mol. The Hall–Kier alpha value is -3.06. The monoisotopic (exact) mass is 483 g/mol. The molecule has 9 heteroatoms. The van der Waals surface area contributed by atoms with E-state index in [1.54, 1.807) is 12.1 Å². The number of benzene rings is 2. The zero-order valence-electron chi connectivity index (χ0n) is 19.5. The van der Waals surface area contributed by atoms with E-state index in [1.807, 2.05) is 18.0 Å². The van der Waals surface area contributed by atoms with Crippen LogP contribution in [0.2, 0.25) is 0 Å². The van der Waals surface area contributed by atoms with E-state index in [0.717, 1.165) is 18.5 Å². The number of hydrogen-bond donors (Lipinski definition) is 1. The lowest BCUT2D eigenvalue weighted by Gasteiger charge is -2.29. The highest BCUT2D eigenvalue weighted by atomic mass is 19.1. The average molecular weight is 484 g/mol. The van der Waals surface area contributed by atoms with Gasteiger partial charge in [0.2, 0.25) is 0 Å². The Morgan fingerprint density at radius 2 is 2.06 bits per heavy atom. The van der Waals surface area contributed by atoms with E-state index in [4.69, 9.17) is 14.2 Å². The molecule has 184 valence electrons. The summed E-state index contributed by atoms with van der Waals surface area (Å²) in [5, 5.41) is 12.3. The number of halogens is 2. The first-order valence-corrected chi connectivity index (χ1v) is 11.8. The summed E-state index contributed by atoms with van der Waals surface area (Å²) in [5.74, 6) is -0.750. The molecule has 2 atom stereocenters. The van der Waals surface area contributed by atoms with Gasteiger partial charge in [-0.25, -0.2) is 8.78 Å². The summed E-state index contributed by atoms with van der Waals surface area (Å²) in [4.78, 5) is 14.7. The fraction of sp³-hybridized carbons (Fsp3) is 0.462. The van der Waals surface area contributed by atoms with Gasteiger partial charge < -0.3 is 24.4 Å². The number of nitriles is 1. The molecule has 0 bridgehead atoms. The third kappa shape index (κ3) is 4.87. The van der Waals surface area contributed by atoms with Crippen LogP contribution in [0.5, 0.6) is 5.75 Å². The second kappa shape index (κ2) is 9.90. The molecule has 0 aromatic heterocycles. The van der Waals surface area contributed by atoms with Crippen molar-refractivity contribution in [3.63, 3.8) is 0 Å². The van der Waals surface area contributed by atoms with Crippen LogP contribution in [-0.4, -0.2) is 62.9 Å². The Kier molecular flexibility index (Phi) is 6.69. The van der Waals surface area contributed by atoms with Gasteiger partial charge in [-0.05, 0) is 54.4 Å². The fourth-order valence-electron chi connectivity index (χ4n) is 4.73. The van der Waals surface area contributed by atoms with Crippen molar-refractivity contribution in [1.82, 2.24) is 10.2 Å². The van der Waals surface area contributed by atoms with Crippen LogP contribution in [0.1, 0.15) is 29.0 Å². The maximum absolute atomic E-state index is 15.2. The van der Waals surface area contributed by atoms with E-state index in [-0.39, 0.29) is 36.2 Å². The number of nitrogens with one attached hydrogen (secondary N) is 1. The summed E-state index contributed by atoms with van der Waals surface area (Å²) >= 11 is 0. The van der Waals surface area contributed by atoms with Crippen molar-refractivity contribution in [3.05, 3.63) is 52.6 Å². The largest absolute Gasteiger partial charge is 0.488 e. The van der Waals surface area contributed by atoms with E-state index in [1.165, 1.54) is 12.1 Å². The quantitative estimate of drug-likeness (QED) is 0.704. The molecule has 2 saturated heterocycles. The Balaban J connectivity index is 1.35. The molecular formula is C26H27F2N3O4. The molecule has 1 N–H and O–H groups in total. The topological polar surface area (TPSA) is 83.8 Å². The van der Waals surface area contributed by atoms with E-state index in [0.29, 0.717) is 48.8 Å². The lowest BCUT2D eigenvalue weighted by molar-refractivity contribution is -0.133. The van der Waals surface area contributed by atoms with Gasteiger partial charge in [-0.1, -0.05) is 0 Å². The fourth-order valence-corrected chi connectivity index (χ4v) is 4.73. The van der Waals surface area contributed by atoms with Crippen molar-refractivity contribution in [1.29, 1.82) is 5.26 Å². The van der Waals surface area contributed by atoms with Gasteiger partial charge in [-0.15, -0.1) is 0 Å². The maximum Gasteiger partial charge on any atom is 0.251 e. The summed E-state index contributed by atoms with van der Waals surface area (Å²) in [6.45, 7) is 2.83. The molecular weight excluding hydrogens is 456 g/mol. The highest BCUT2D eigenvalue weighted by Gasteiger charge is 2.29. The Bertz CT molecular complexity index is 1180. The molecule has 2 aromatic carbocycles. The summed E-state index contributed by atoms with van der Waals surface area (Å²) < 4.78 is 46.4. The number of carbonyl (C=O) groups is 1. The summed E-state index contributed by atoms with van der Waals surface area (Å²) in [6, 6.07) is 7.26. The van der Waals surface area contributed by atoms with Crippen molar-refractivity contribution in [2.75, 3.05) is 40.0 Å². The first-order chi connectivity index (χ1) is 16.9. The molecule has 1 unspecified atom stereocenters. The van der Waals surface area contributed by atoms with Crippen LogP contribution in [0.4, 0.5) is 8.78 Å². The van der Waals surface area contributed by atoms with Crippen molar-refractivity contribution in [3.8, 4) is 22.9 Å². The lowest BCUT2D eigenvalue weighted by atomic mass is 9.88. The van der Waals surface area contributed by atoms with E-state index in [9.17, 15) is 14.4 Å². The number of nitrogens with zero attached hydrogens (tertiary/aromatic N) is 2. The van der Waals surface area contributed by atoms with Crippen molar-refractivity contribution in [2.45, 2.75) is 37.5 Å². The van der Waals surface area contributed by atoms with Gasteiger partial charge in [-0.2, -0.15) is 5.26 Å². The molecule has 35 heavy (non-hydrogen) atoms. The second-order valence-electron chi connectivity index (χ2n) is 9.36. The highest BCUT2D eigenvalue weighted by molar-refractivity contribution is 5.82. The normalized spacial score (nSPS) is 20.9. The summed E-state index contributed by atoms with van der Waals surface area (Å²) in [5.41, 5.74) is 2.75. The van der Waals surface area contributed by atoms with E-state index < -0.39 is 18.0 Å². The first kappa shape index (κ1) is 23.7. The van der Waals surface area contributed by atoms with Gasteiger partial charge in [0.25, 0.3) is 5.91 Å². The van der Waals surface area contributed by atoms with E-state index in [2.05, 4.69) is 5.32 Å². The minimum absolute atomic E-state index is 0.00654. The van der Waals surface area contributed by atoms with Crippen molar-refractivity contribution >= 4 is 5.91 Å². The maximum atomic E-state index is 15.2. The number of amides is 1. The molecule has 3 aliphatic heterocycles. The third-order valence-corrected chi connectivity index (χ3v) is 6.79. The first-order valence-electron chi connectivity index (χ1n) is 11.8. The average Bonchev–Trinajstić information content (AvgIpc) is 3.03. The van der Waals surface area contributed by atoms with Crippen LogP contribution in [0.25, 0.3) is 11.1 Å². The van der Waals surface area contributed by atoms with Crippen LogP contribution in [-0.2, 0) is 27.3 Å². The molecule has 7 nitrogen and oxygen atoms in total. The lowest BCUT2D eigenvalue weighted by Crippen LogP contribution is -2.46. The molecule has 5 rings (SSSR count). The Morgan fingerprint density at radius 1 is 1.23 bits per heavy atom. The van der Waals surface area contributed by atoms with Gasteiger partial charge in [0, 0.05) is 43.2 Å². The van der Waals surface area contributed by atoms with Crippen LogP contribution < -0.4 is 10.1 Å². The van der Waals surface area contributed by atoms with Crippen molar-refractivity contribution < 1.29 is 27.8 Å². The summed E-state index contributed by atoms with van der Waals surface area (Å²) in [7, 11) is 1.91. The summed E-state index contributed by atoms with van der Waals surface area (Å²) in [6.07, 6.45) is 0.129.